The highest BCUT2D eigenvalue weighted by Crippen LogP contribution is 2.40. The predicted octanol–water partition coefficient (Wildman–Crippen LogP) is 0.910. The molecule has 0 radical (unpaired) electrons. The van der Waals surface area contributed by atoms with E-state index in [2.05, 4.69) is 31.2 Å². The molecule has 1 aromatic heterocycles. The fraction of sp³-hybridized carbons (Fsp3) is 0.718. The SMILES string of the molecule is CCN1C(=O)CN(C)C12C[C@@H](C(=O)NC(CC1CC1)C(=O)C(=O)NC1CC1)N(C(=O)[C@@H](NC(=O)[C@@H](NC(=O)c1cnccn1)C1CCCCC1)C(C)(C)C)C2. The molecule has 2 unspecified atom stereocenters. The van der Waals surface area contributed by atoms with E-state index in [1.54, 1.807) is 11.9 Å². The maximum absolute atomic E-state index is 15.0. The summed E-state index contributed by atoms with van der Waals surface area (Å²) < 4.78 is 0. The monoisotopic (exact) mass is 763 g/mol. The second-order valence-corrected chi connectivity index (χ2v) is 17.3. The molecule has 5 fully saturated rings. The van der Waals surface area contributed by atoms with Crippen molar-refractivity contribution in [1.29, 1.82) is 0 Å². The van der Waals surface area contributed by atoms with Crippen LogP contribution in [0.15, 0.2) is 18.6 Å². The zero-order valence-corrected chi connectivity index (χ0v) is 32.8. The van der Waals surface area contributed by atoms with Gasteiger partial charge in [-0.1, -0.05) is 52.9 Å². The van der Waals surface area contributed by atoms with E-state index in [0.29, 0.717) is 13.0 Å². The number of aromatic nitrogens is 2. The molecule has 1 aromatic rings. The summed E-state index contributed by atoms with van der Waals surface area (Å²) in [5.41, 5.74) is -1.80. The van der Waals surface area contributed by atoms with Crippen LogP contribution < -0.4 is 21.3 Å². The van der Waals surface area contributed by atoms with E-state index >= 15 is 4.79 Å². The second kappa shape index (κ2) is 16.3. The largest absolute Gasteiger partial charge is 0.347 e. The molecule has 4 N–H and O–H groups in total. The number of carbonyl (C=O) groups is 7. The Balaban J connectivity index is 1.28. The van der Waals surface area contributed by atoms with Crippen LogP contribution in [0.25, 0.3) is 0 Å². The third kappa shape index (κ3) is 9.00. The van der Waals surface area contributed by atoms with Crippen molar-refractivity contribution < 1.29 is 33.6 Å². The van der Waals surface area contributed by atoms with Gasteiger partial charge in [-0.15, -0.1) is 0 Å². The summed E-state index contributed by atoms with van der Waals surface area (Å²) in [6.45, 7) is 7.73. The highest BCUT2D eigenvalue weighted by molar-refractivity contribution is 6.38. The molecule has 3 saturated carbocycles. The van der Waals surface area contributed by atoms with Crippen molar-refractivity contribution in [1.82, 2.24) is 45.9 Å². The van der Waals surface area contributed by atoms with Crippen molar-refractivity contribution in [3.05, 3.63) is 24.3 Å². The average molecular weight is 764 g/mol. The Kier molecular flexibility index (Phi) is 11.9. The van der Waals surface area contributed by atoms with Crippen LogP contribution in [0, 0.1) is 17.3 Å². The van der Waals surface area contributed by atoms with Gasteiger partial charge in [-0.25, -0.2) is 4.98 Å². The van der Waals surface area contributed by atoms with Crippen LogP contribution >= 0.6 is 0 Å². The number of likely N-dealkylation sites (N-methyl/N-ethyl adjacent to an activating group) is 2. The lowest BCUT2D eigenvalue weighted by Crippen LogP contribution is -2.62. The second-order valence-electron chi connectivity index (χ2n) is 17.3. The molecule has 3 heterocycles. The summed E-state index contributed by atoms with van der Waals surface area (Å²) in [6.07, 6.45) is 12.2. The molecule has 300 valence electrons. The van der Waals surface area contributed by atoms with Crippen molar-refractivity contribution in [3.63, 3.8) is 0 Å². The fourth-order valence-corrected chi connectivity index (χ4v) is 8.52. The molecular formula is C39H57N9O7. The minimum atomic E-state index is -1.14. The Labute approximate surface area is 322 Å². The normalized spacial score (nSPS) is 25.0. The number of nitrogens with zero attached hydrogens (tertiary/aromatic N) is 5. The number of likely N-dealkylation sites (tertiary alicyclic amines) is 1. The zero-order chi connectivity index (χ0) is 39.7. The van der Waals surface area contributed by atoms with Gasteiger partial charge in [0, 0.05) is 31.4 Å². The third-order valence-corrected chi connectivity index (χ3v) is 12.0. The number of Topliss-reactive ketones (excluding diaryl/α,β-unsaturated/α-hetero) is 1. The van der Waals surface area contributed by atoms with Crippen LogP contribution in [-0.2, 0) is 28.8 Å². The third-order valence-electron chi connectivity index (χ3n) is 12.0. The van der Waals surface area contributed by atoms with Crippen molar-refractivity contribution in [2.45, 2.75) is 134 Å². The quantitative estimate of drug-likeness (QED) is 0.197. The van der Waals surface area contributed by atoms with Crippen LogP contribution in [0.1, 0.15) is 109 Å². The van der Waals surface area contributed by atoms with Crippen molar-refractivity contribution in [2.24, 2.45) is 17.3 Å². The zero-order valence-electron chi connectivity index (χ0n) is 32.8. The van der Waals surface area contributed by atoms with Crippen molar-refractivity contribution in [2.75, 3.05) is 26.7 Å². The highest BCUT2D eigenvalue weighted by Gasteiger charge is 2.60. The molecule has 5 aliphatic rings. The maximum atomic E-state index is 15.0. The van der Waals surface area contributed by atoms with E-state index in [1.807, 2.05) is 32.6 Å². The first-order valence-electron chi connectivity index (χ1n) is 20.0. The van der Waals surface area contributed by atoms with Crippen LogP contribution in [-0.4, -0.2) is 128 Å². The van der Waals surface area contributed by atoms with Gasteiger partial charge in [0.15, 0.2) is 0 Å². The summed E-state index contributed by atoms with van der Waals surface area (Å²) in [5.74, 6) is -3.73. The number of carbonyl (C=O) groups excluding carboxylic acids is 7. The molecule has 16 heteroatoms. The van der Waals surface area contributed by atoms with Gasteiger partial charge in [0.2, 0.25) is 29.4 Å². The molecule has 16 nitrogen and oxygen atoms in total. The number of nitrogens with one attached hydrogen (secondary N) is 4. The molecule has 1 spiro atoms. The van der Waals surface area contributed by atoms with Gasteiger partial charge in [0.25, 0.3) is 11.8 Å². The van der Waals surface area contributed by atoms with E-state index in [-0.39, 0.29) is 49.0 Å². The van der Waals surface area contributed by atoms with Gasteiger partial charge in [0.05, 0.1) is 25.3 Å². The molecule has 2 aliphatic heterocycles. The van der Waals surface area contributed by atoms with Gasteiger partial charge in [-0.3, -0.25) is 43.4 Å². The number of hydrogen-bond acceptors (Lipinski definition) is 10. The van der Waals surface area contributed by atoms with Crippen LogP contribution in [0.2, 0.25) is 0 Å². The van der Waals surface area contributed by atoms with Gasteiger partial charge >= 0.3 is 0 Å². The topological polar surface area (TPSA) is 203 Å². The summed E-state index contributed by atoms with van der Waals surface area (Å²) in [7, 11) is 1.79. The number of ketones is 1. The molecule has 3 aliphatic carbocycles. The van der Waals surface area contributed by atoms with Crippen molar-refractivity contribution in [3.8, 4) is 0 Å². The van der Waals surface area contributed by atoms with Gasteiger partial charge in [-0.2, -0.15) is 0 Å². The first-order valence-corrected chi connectivity index (χ1v) is 20.0. The summed E-state index contributed by atoms with van der Waals surface area (Å²) in [5, 5.41) is 11.5. The van der Waals surface area contributed by atoms with Gasteiger partial charge in [0.1, 0.15) is 29.5 Å². The van der Waals surface area contributed by atoms with Crippen LogP contribution in [0.3, 0.4) is 0 Å². The molecule has 6 amide bonds. The Bertz CT molecular complexity index is 1650. The number of hydrogen-bond donors (Lipinski definition) is 4. The molecule has 55 heavy (non-hydrogen) atoms. The van der Waals surface area contributed by atoms with E-state index < -0.39 is 70.6 Å². The first kappa shape index (κ1) is 40.2. The Morgan fingerprint density at radius 2 is 1.65 bits per heavy atom. The average Bonchev–Trinajstić information content (AvgIpc) is 4.10. The molecule has 0 aromatic carbocycles. The summed E-state index contributed by atoms with van der Waals surface area (Å²) in [4.78, 5) is 110. The lowest BCUT2D eigenvalue weighted by Gasteiger charge is -2.40. The summed E-state index contributed by atoms with van der Waals surface area (Å²) in [6, 6.07) is -4.32. The standard InChI is InChI=1S/C39H57N9O7/c1-6-48-29(49)21-46(5)39(48)19-28(34(52)43-26(18-23-12-13-23)31(50)36(54)42-25-14-15-25)47(22-39)37(55)32(38(2,3)4)45-35(53)30(24-10-8-7-9-11-24)44-33(51)27-20-40-16-17-41-27/h16-17,20,23-26,28,30,32H,6-15,18-19,21-22H2,1-5H3,(H,42,54)(H,43,52)(H,44,51)(H,45,53)/t26?,28-,30-,32+,39?/m0/s1. The van der Waals surface area contributed by atoms with E-state index in [1.165, 1.54) is 23.5 Å². The van der Waals surface area contributed by atoms with E-state index in [0.717, 1.165) is 57.8 Å². The van der Waals surface area contributed by atoms with Crippen molar-refractivity contribution >= 4 is 41.2 Å². The number of rotatable bonds is 14. The van der Waals surface area contributed by atoms with Crippen LogP contribution in [0.5, 0.6) is 0 Å². The highest BCUT2D eigenvalue weighted by atomic mass is 16.2. The molecule has 5 atom stereocenters. The molecule has 0 bridgehead atoms. The molecule has 2 saturated heterocycles. The lowest BCUT2D eigenvalue weighted by atomic mass is 9.82. The minimum Gasteiger partial charge on any atom is -0.347 e. The van der Waals surface area contributed by atoms with E-state index in [9.17, 15) is 28.8 Å². The minimum absolute atomic E-state index is 0.0126. The first-order chi connectivity index (χ1) is 26.1. The Morgan fingerprint density at radius 1 is 0.945 bits per heavy atom. The Morgan fingerprint density at radius 3 is 2.25 bits per heavy atom. The maximum Gasteiger partial charge on any atom is 0.289 e. The molecule has 6 rings (SSSR count). The number of amides is 6. The smallest absolute Gasteiger partial charge is 0.289 e. The lowest BCUT2D eigenvalue weighted by molar-refractivity contribution is -0.145. The fourth-order valence-electron chi connectivity index (χ4n) is 8.52. The van der Waals surface area contributed by atoms with Gasteiger partial charge < -0.3 is 31.1 Å². The van der Waals surface area contributed by atoms with Gasteiger partial charge in [-0.05, 0) is 63.3 Å². The molecular weight excluding hydrogens is 706 g/mol. The Hall–Kier alpha value is -4.47. The van der Waals surface area contributed by atoms with E-state index in [4.69, 9.17) is 0 Å². The van der Waals surface area contributed by atoms with Crippen LogP contribution in [0.4, 0.5) is 0 Å². The summed E-state index contributed by atoms with van der Waals surface area (Å²) >= 11 is 0. The predicted molar refractivity (Wildman–Crippen MR) is 200 cm³/mol.